The molecule has 2 aromatic rings. The van der Waals surface area contributed by atoms with Crippen molar-refractivity contribution in [2.45, 2.75) is 51.4 Å². The van der Waals surface area contributed by atoms with E-state index in [0.29, 0.717) is 34.3 Å². The van der Waals surface area contributed by atoms with Gasteiger partial charge in [0.1, 0.15) is 0 Å². The van der Waals surface area contributed by atoms with Crippen LogP contribution < -0.4 is 5.32 Å². The molecular formula is C25H27Cl2F2NO3. The zero-order valence-electron chi connectivity index (χ0n) is 18.5. The largest absolute Gasteiger partial charge is 0.466 e. The van der Waals surface area contributed by atoms with E-state index in [4.69, 9.17) is 27.9 Å². The number of rotatable bonds is 8. The van der Waals surface area contributed by atoms with Gasteiger partial charge in [-0.2, -0.15) is 0 Å². The average Bonchev–Trinajstić information content (AvgIpc) is 3.11. The van der Waals surface area contributed by atoms with Crippen LogP contribution in [0.25, 0.3) is 0 Å². The first-order valence-electron chi connectivity index (χ1n) is 11.0. The lowest BCUT2D eigenvalue weighted by Gasteiger charge is -2.24. The van der Waals surface area contributed by atoms with Gasteiger partial charge in [-0.15, -0.1) is 0 Å². The van der Waals surface area contributed by atoms with Crippen molar-refractivity contribution in [3.8, 4) is 0 Å². The van der Waals surface area contributed by atoms with Crippen LogP contribution >= 0.6 is 23.2 Å². The Kier molecular flexibility index (Phi) is 8.35. The molecule has 1 aliphatic carbocycles. The number of nitrogens with one attached hydrogen (secondary N) is 1. The summed E-state index contributed by atoms with van der Waals surface area (Å²) in [7, 11) is 0. The summed E-state index contributed by atoms with van der Waals surface area (Å²) >= 11 is 12.3. The van der Waals surface area contributed by atoms with Crippen molar-refractivity contribution in [2.24, 2.45) is 11.8 Å². The zero-order chi connectivity index (χ0) is 24.2. The first kappa shape index (κ1) is 25.4. The second kappa shape index (κ2) is 10.8. The van der Waals surface area contributed by atoms with Crippen LogP contribution in [0.15, 0.2) is 42.5 Å². The number of anilines is 1. The Morgan fingerprint density at radius 2 is 1.88 bits per heavy atom. The molecule has 0 aliphatic heterocycles. The number of amides is 1. The number of hydrogen-bond donors (Lipinski definition) is 1. The van der Waals surface area contributed by atoms with Gasteiger partial charge in [0.25, 0.3) is 0 Å². The lowest BCUT2D eigenvalue weighted by molar-refractivity contribution is -0.147. The first-order valence-corrected chi connectivity index (χ1v) is 11.7. The molecule has 0 spiro atoms. The molecule has 8 heteroatoms. The van der Waals surface area contributed by atoms with E-state index < -0.39 is 23.7 Å². The third-order valence-corrected chi connectivity index (χ3v) is 6.53. The lowest BCUT2D eigenvalue weighted by Crippen LogP contribution is -2.27. The summed E-state index contributed by atoms with van der Waals surface area (Å²) in [4.78, 5) is 25.3. The summed E-state index contributed by atoms with van der Waals surface area (Å²) in [6, 6.07) is 11.8. The van der Waals surface area contributed by atoms with E-state index in [9.17, 15) is 18.4 Å². The molecule has 3 rings (SSSR count). The maximum atomic E-state index is 14.0. The van der Waals surface area contributed by atoms with E-state index in [1.165, 1.54) is 0 Å². The molecular weight excluding hydrogens is 471 g/mol. The van der Waals surface area contributed by atoms with Gasteiger partial charge in [0.05, 0.1) is 29.2 Å². The van der Waals surface area contributed by atoms with E-state index in [1.54, 1.807) is 56.3 Å². The number of benzene rings is 2. The van der Waals surface area contributed by atoms with Crippen LogP contribution in [0, 0.1) is 11.8 Å². The number of carbonyl (C=O) groups is 2. The van der Waals surface area contributed by atoms with Crippen molar-refractivity contribution in [1.29, 1.82) is 0 Å². The van der Waals surface area contributed by atoms with Gasteiger partial charge in [0, 0.05) is 17.9 Å². The number of hydrogen-bond acceptors (Lipinski definition) is 3. The van der Waals surface area contributed by atoms with Crippen molar-refractivity contribution < 1.29 is 23.1 Å². The van der Waals surface area contributed by atoms with Crippen LogP contribution in [0.5, 0.6) is 0 Å². The highest BCUT2D eigenvalue weighted by Gasteiger charge is 2.45. The minimum atomic E-state index is -2.78. The van der Waals surface area contributed by atoms with Crippen molar-refractivity contribution in [1.82, 2.24) is 0 Å². The predicted octanol–water partition coefficient (Wildman–Crippen LogP) is 6.89. The van der Waals surface area contributed by atoms with Gasteiger partial charge in [-0.05, 0) is 61.1 Å². The molecule has 1 amide bonds. The highest BCUT2D eigenvalue weighted by molar-refractivity contribution is 6.33. The Bertz CT molecular complexity index is 998. The number of esters is 1. The first-order chi connectivity index (χ1) is 15.6. The van der Waals surface area contributed by atoms with E-state index in [0.717, 1.165) is 5.56 Å². The molecule has 2 unspecified atom stereocenters. The quantitative estimate of drug-likeness (QED) is 0.403. The van der Waals surface area contributed by atoms with E-state index in [1.807, 2.05) is 0 Å². The summed E-state index contributed by atoms with van der Waals surface area (Å²) in [5.41, 5.74) is 1.80. The standard InChI is InChI=1S/C25H27Cl2F2NO3/c1-3-33-24(32)15(2)12-16-4-9-20(27)21(13-16)30-23(31)22(17-5-7-19(26)8-6-17)18-10-11-25(28,29)14-18/h4-9,13,15,18,22H,3,10-12,14H2,1-2H3,(H,30,31)/t15-,18?,22?/m1/s1. The highest BCUT2D eigenvalue weighted by Crippen LogP contribution is 2.46. The van der Waals surface area contributed by atoms with Crippen molar-refractivity contribution in [3.05, 3.63) is 63.6 Å². The van der Waals surface area contributed by atoms with Gasteiger partial charge in [0.2, 0.25) is 11.8 Å². The molecule has 0 aromatic heterocycles. The number of halogens is 4. The normalized spacial score (nSPS) is 19.0. The van der Waals surface area contributed by atoms with Crippen molar-refractivity contribution in [3.63, 3.8) is 0 Å². The Morgan fingerprint density at radius 1 is 1.18 bits per heavy atom. The molecule has 2 aromatic carbocycles. The van der Waals surface area contributed by atoms with Crippen LogP contribution in [-0.4, -0.2) is 24.4 Å². The maximum absolute atomic E-state index is 14.0. The molecule has 1 saturated carbocycles. The summed E-state index contributed by atoms with van der Waals surface area (Å²) < 4.78 is 33.0. The lowest BCUT2D eigenvalue weighted by atomic mass is 9.84. The third-order valence-electron chi connectivity index (χ3n) is 5.94. The van der Waals surface area contributed by atoms with Gasteiger partial charge in [-0.3, -0.25) is 9.59 Å². The molecule has 1 N–H and O–H groups in total. The van der Waals surface area contributed by atoms with Gasteiger partial charge in [-0.25, -0.2) is 8.78 Å². The third kappa shape index (κ3) is 6.67. The highest BCUT2D eigenvalue weighted by atomic mass is 35.5. The Hall–Kier alpha value is -2.18. The van der Waals surface area contributed by atoms with Gasteiger partial charge < -0.3 is 10.1 Å². The molecule has 1 aliphatic rings. The molecule has 4 nitrogen and oxygen atoms in total. The number of alkyl halides is 2. The summed E-state index contributed by atoms with van der Waals surface area (Å²) in [6.07, 6.45) is 0.0719. The van der Waals surface area contributed by atoms with Gasteiger partial charge >= 0.3 is 5.97 Å². The Balaban J connectivity index is 1.83. The van der Waals surface area contributed by atoms with Crippen LogP contribution in [0.1, 0.15) is 50.2 Å². The maximum Gasteiger partial charge on any atom is 0.308 e. The topological polar surface area (TPSA) is 55.4 Å². The number of ether oxygens (including phenoxy) is 1. The fraction of sp³-hybridized carbons (Fsp3) is 0.440. The Labute approximate surface area is 202 Å². The summed E-state index contributed by atoms with van der Waals surface area (Å²) in [5.74, 6) is -5.13. The Morgan fingerprint density at radius 3 is 2.48 bits per heavy atom. The summed E-state index contributed by atoms with van der Waals surface area (Å²) in [6.45, 7) is 3.82. The minimum Gasteiger partial charge on any atom is -0.466 e. The SMILES string of the molecule is CCOC(=O)[C@H](C)Cc1ccc(Cl)c(NC(=O)C(c2ccc(Cl)cc2)C2CCC(F)(F)C2)c1. The molecule has 1 fully saturated rings. The second-order valence-corrected chi connectivity index (χ2v) is 9.39. The molecule has 0 saturated heterocycles. The average molecular weight is 498 g/mol. The smallest absolute Gasteiger partial charge is 0.308 e. The zero-order valence-corrected chi connectivity index (χ0v) is 20.1. The molecule has 178 valence electrons. The second-order valence-electron chi connectivity index (χ2n) is 8.55. The van der Waals surface area contributed by atoms with Crippen LogP contribution in [0.3, 0.4) is 0 Å². The van der Waals surface area contributed by atoms with Crippen LogP contribution in [-0.2, 0) is 20.7 Å². The molecule has 33 heavy (non-hydrogen) atoms. The molecule has 0 bridgehead atoms. The molecule has 0 heterocycles. The van der Waals surface area contributed by atoms with E-state index in [2.05, 4.69) is 5.32 Å². The molecule has 0 radical (unpaired) electrons. The number of carbonyl (C=O) groups excluding carboxylic acids is 2. The van der Waals surface area contributed by atoms with E-state index in [-0.39, 0.29) is 31.1 Å². The monoisotopic (exact) mass is 497 g/mol. The predicted molar refractivity (Wildman–Crippen MR) is 126 cm³/mol. The van der Waals surface area contributed by atoms with Crippen LogP contribution in [0.4, 0.5) is 14.5 Å². The van der Waals surface area contributed by atoms with E-state index >= 15 is 0 Å². The summed E-state index contributed by atoms with van der Waals surface area (Å²) in [5, 5.41) is 3.65. The fourth-order valence-corrected chi connectivity index (χ4v) is 4.59. The van der Waals surface area contributed by atoms with Gasteiger partial charge in [0.15, 0.2) is 0 Å². The van der Waals surface area contributed by atoms with Crippen molar-refractivity contribution >= 4 is 40.8 Å². The van der Waals surface area contributed by atoms with Crippen LogP contribution in [0.2, 0.25) is 10.0 Å². The minimum absolute atomic E-state index is 0.239. The molecule has 3 atom stereocenters. The fourth-order valence-electron chi connectivity index (χ4n) is 4.30. The van der Waals surface area contributed by atoms with Gasteiger partial charge in [-0.1, -0.05) is 48.3 Å². The van der Waals surface area contributed by atoms with Crippen molar-refractivity contribution in [2.75, 3.05) is 11.9 Å².